The van der Waals surface area contributed by atoms with E-state index in [1.54, 1.807) is 42.5 Å². The molecule has 1 aliphatic heterocycles. The molecule has 0 saturated heterocycles. The average molecular weight is 392 g/mol. The number of pyridine rings is 1. The molecule has 1 aromatic heterocycles. The molecule has 146 valence electrons. The number of benzene rings is 2. The summed E-state index contributed by atoms with van der Waals surface area (Å²) in [4.78, 5) is 27.1. The predicted molar refractivity (Wildman–Crippen MR) is 103 cm³/mol. The third-order valence-electron chi connectivity index (χ3n) is 4.68. The Balaban J connectivity index is 1.72. The maximum Gasteiger partial charge on any atom is 0.248 e. The number of carbonyl (C=O) groups is 2. The lowest BCUT2D eigenvalue weighted by Crippen LogP contribution is -2.16. The van der Waals surface area contributed by atoms with E-state index in [0.29, 0.717) is 41.2 Å². The SMILES string of the molecule is NC(=O)c1ccc([C@H](Oc2ccc3c(c2)OCCC3=O)c2ccncc2F)cc1. The van der Waals surface area contributed by atoms with Crippen LogP contribution in [-0.2, 0) is 0 Å². The lowest BCUT2D eigenvalue weighted by atomic mass is 10.00. The summed E-state index contributed by atoms with van der Waals surface area (Å²) < 4.78 is 26.1. The number of nitrogens with two attached hydrogens (primary N) is 1. The third kappa shape index (κ3) is 3.80. The largest absolute Gasteiger partial charge is 0.492 e. The van der Waals surface area contributed by atoms with Crippen molar-refractivity contribution in [2.45, 2.75) is 12.5 Å². The van der Waals surface area contributed by atoms with E-state index in [1.165, 1.54) is 12.3 Å². The smallest absolute Gasteiger partial charge is 0.248 e. The number of nitrogens with zero attached hydrogens (tertiary/aromatic N) is 1. The van der Waals surface area contributed by atoms with Crippen LogP contribution in [0, 0.1) is 5.82 Å². The van der Waals surface area contributed by atoms with Gasteiger partial charge in [-0.2, -0.15) is 0 Å². The Labute approximate surface area is 166 Å². The van der Waals surface area contributed by atoms with Gasteiger partial charge < -0.3 is 15.2 Å². The molecular formula is C22H17FN2O4. The number of rotatable bonds is 5. The number of aromatic nitrogens is 1. The van der Waals surface area contributed by atoms with Crippen LogP contribution < -0.4 is 15.2 Å². The van der Waals surface area contributed by atoms with Crippen LogP contribution in [0.3, 0.4) is 0 Å². The summed E-state index contributed by atoms with van der Waals surface area (Å²) in [6.45, 7) is 0.312. The fourth-order valence-corrected chi connectivity index (χ4v) is 3.18. The molecular weight excluding hydrogens is 375 g/mol. The second-order valence-electron chi connectivity index (χ2n) is 6.56. The van der Waals surface area contributed by atoms with Gasteiger partial charge in [-0.15, -0.1) is 0 Å². The van der Waals surface area contributed by atoms with Crippen molar-refractivity contribution in [2.75, 3.05) is 6.61 Å². The fourth-order valence-electron chi connectivity index (χ4n) is 3.18. The number of primary amides is 1. The number of Topliss-reactive ketones (excluding diaryl/α,β-unsaturated/α-hetero) is 1. The molecule has 0 unspecified atom stereocenters. The molecule has 0 saturated carbocycles. The summed E-state index contributed by atoms with van der Waals surface area (Å²) >= 11 is 0. The van der Waals surface area contributed by atoms with Gasteiger partial charge in [0.05, 0.1) is 18.4 Å². The summed E-state index contributed by atoms with van der Waals surface area (Å²) in [5.74, 6) is -0.214. The van der Waals surface area contributed by atoms with E-state index in [1.807, 2.05) is 0 Å². The molecule has 3 aromatic rings. The Hall–Kier alpha value is -3.74. The first-order valence-electron chi connectivity index (χ1n) is 8.99. The van der Waals surface area contributed by atoms with Crippen LogP contribution in [-0.4, -0.2) is 23.3 Å². The van der Waals surface area contributed by atoms with E-state index in [2.05, 4.69) is 4.98 Å². The van der Waals surface area contributed by atoms with Gasteiger partial charge in [0.15, 0.2) is 11.9 Å². The minimum absolute atomic E-state index is 0.0107. The molecule has 0 bridgehead atoms. The van der Waals surface area contributed by atoms with E-state index >= 15 is 0 Å². The molecule has 1 amide bonds. The highest BCUT2D eigenvalue weighted by atomic mass is 19.1. The predicted octanol–water partition coefficient (Wildman–Crippen LogP) is 3.45. The van der Waals surface area contributed by atoms with E-state index in [-0.39, 0.29) is 11.3 Å². The molecule has 2 N–H and O–H groups in total. The van der Waals surface area contributed by atoms with Gasteiger partial charge >= 0.3 is 0 Å². The van der Waals surface area contributed by atoms with Crippen molar-refractivity contribution in [3.8, 4) is 11.5 Å². The summed E-state index contributed by atoms with van der Waals surface area (Å²) in [6.07, 6.45) is 2.11. The second kappa shape index (κ2) is 7.71. The first-order chi connectivity index (χ1) is 14.0. The monoisotopic (exact) mass is 392 g/mol. The molecule has 0 spiro atoms. The van der Waals surface area contributed by atoms with Crippen molar-refractivity contribution >= 4 is 11.7 Å². The first-order valence-corrected chi connectivity index (χ1v) is 8.99. The molecule has 0 radical (unpaired) electrons. The number of hydrogen-bond donors (Lipinski definition) is 1. The minimum Gasteiger partial charge on any atom is -0.492 e. The lowest BCUT2D eigenvalue weighted by molar-refractivity contribution is 0.0932. The van der Waals surface area contributed by atoms with Crippen molar-refractivity contribution in [3.05, 3.63) is 89.0 Å². The van der Waals surface area contributed by atoms with Crippen LogP contribution in [0.15, 0.2) is 60.9 Å². The Bertz CT molecular complexity index is 1080. The van der Waals surface area contributed by atoms with Gasteiger partial charge in [-0.1, -0.05) is 12.1 Å². The standard InChI is InChI=1S/C22H17FN2O4/c23-18-12-25-9-7-16(18)21(13-1-3-14(4-2-13)22(24)27)29-15-5-6-17-19(26)8-10-28-20(17)11-15/h1-7,9,11-12,21H,8,10H2,(H2,24,27)/t21-/m0/s1. The molecule has 0 aliphatic carbocycles. The van der Waals surface area contributed by atoms with E-state index in [9.17, 15) is 14.0 Å². The molecule has 29 heavy (non-hydrogen) atoms. The highest BCUT2D eigenvalue weighted by Gasteiger charge is 2.23. The van der Waals surface area contributed by atoms with Crippen LogP contribution in [0.1, 0.15) is 44.4 Å². The number of fused-ring (bicyclic) bond motifs is 1. The first kappa shape index (κ1) is 18.6. The van der Waals surface area contributed by atoms with E-state index < -0.39 is 17.8 Å². The summed E-state index contributed by atoms with van der Waals surface area (Å²) in [5, 5.41) is 0. The summed E-state index contributed by atoms with van der Waals surface area (Å²) in [7, 11) is 0. The Morgan fingerprint density at radius 3 is 2.69 bits per heavy atom. The minimum atomic E-state index is -0.808. The highest BCUT2D eigenvalue weighted by Crippen LogP contribution is 2.34. The van der Waals surface area contributed by atoms with E-state index in [0.717, 1.165) is 6.20 Å². The van der Waals surface area contributed by atoms with Crippen molar-refractivity contribution in [1.29, 1.82) is 0 Å². The average Bonchev–Trinajstić information content (AvgIpc) is 2.73. The van der Waals surface area contributed by atoms with Gasteiger partial charge in [-0.25, -0.2) is 4.39 Å². The number of halogens is 1. The molecule has 4 rings (SSSR count). The van der Waals surface area contributed by atoms with Crippen LogP contribution in [0.2, 0.25) is 0 Å². The highest BCUT2D eigenvalue weighted by molar-refractivity contribution is 5.99. The van der Waals surface area contributed by atoms with Crippen molar-refractivity contribution < 1.29 is 23.5 Å². The van der Waals surface area contributed by atoms with E-state index in [4.69, 9.17) is 15.2 Å². The number of carbonyl (C=O) groups excluding carboxylic acids is 2. The van der Waals surface area contributed by atoms with Gasteiger partial charge in [-0.3, -0.25) is 14.6 Å². The zero-order valence-corrected chi connectivity index (χ0v) is 15.3. The van der Waals surface area contributed by atoms with Crippen molar-refractivity contribution in [2.24, 2.45) is 5.73 Å². The van der Waals surface area contributed by atoms with Crippen molar-refractivity contribution in [3.63, 3.8) is 0 Å². The molecule has 2 aromatic carbocycles. The van der Waals surface area contributed by atoms with Crippen LogP contribution in [0.4, 0.5) is 4.39 Å². The second-order valence-corrected chi connectivity index (χ2v) is 6.56. The van der Waals surface area contributed by atoms with Gasteiger partial charge in [0.25, 0.3) is 0 Å². The number of ether oxygens (including phenoxy) is 2. The number of amides is 1. The van der Waals surface area contributed by atoms with Gasteiger partial charge in [-0.05, 0) is 35.9 Å². The Morgan fingerprint density at radius 1 is 1.17 bits per heavy atom. The van der Waals surface area contributed by atoms with Crippen molar-refractivity contribution in [1.82, 2.24) is 4.98 Å². The van der Waals surface area contributed by atoms with Gasteiger partial charge in [0.1, 0.15) is 17.3 Å². The molecule has 6 nitrogen and oxygen atoms in total. The van der Waals surface area contributed by atoms with Crippen LogP contribution in [0.25, 0.3) is 0 Å². The molecule has 7 heteroatoms. The van der Waals surface area contributed by atoms with Gasteiger partial charge in [0, 0.05) is 29.8 Å². The topological polar surface area (TPSA) is 91.5 Å². The maximum atomic E-state index is 14.5. The lowest BCUT2D eigenvalue weighted by Gasteiger charge is -2.22. The van der Waals surface area contributed by atoms with Gasteiger partial charge in [0.2, 0.25) is 5.91 Å². The van der Waals surface area contributed by atoms with Crippen LogP contribution in [0.5, 0.6) is 11.5 Å². The summed E-state index contributed by atoms with van der Waals surface area (Å²) in [5.41, 5.74) is 7.03. The zero-order chi connectivity index (χ0) is 20.4. The quantitative estimate of drug-likeness (QED) is 0.718. The molecule has 1 aliphatic rings. The summed E-state index contributed by atoms with van der Waals surface area (Å²) in [6, 6.07) is 12.9. The molecule has 0 fully saturated rings. The number of ketones is 1. The molecule has 1 atom stereocenters. The third-order valence-corrected chi connectivity index (χ3v) is 4.68. The van der Waals surface area contributed by atoms with Crippen LogP contribution >= 0.6 is 0 Å². The Morgan fingerprint density at radius 2 is 1.97 bits per heavy atom. The fraction of sp³-hybridized carbons (Fsp3) is 0.136. The molecule has 2 heterocycles. The zero-order valence-electron chi connectivity index (χ0n) is 15.3. The Kier molecular flexibility index (Phi) is 4.95. The maximum absolute atomic E-state index is 14.5. The number of hydrogen-bond acceptors (Lipinski definition) is 5. The normalized spacial score (nSPS) is 13.9.